The van der Waals surface area contributed by atoms with E-state index in [0.29, 0.717) is 27.8 Å². The largest absolute Gasteiger partial charge is 0.440 e. The third-order valence-electron chi connectivity index (χ3n) is 4.75. The number of halogens is 1. The molecule has 1 aliphatic carbocycles. The zero-order valence-electron chi connectivity index (χ0n) is 14.7. The van der Waals surface area contributed by atoms with Crippen molar-refractivity contribution in [3.05, 3.63) is 53.8 Å². The number of hydrogen-bond acceptors (Lipinski definition) is 5. The highest BCUT2D eigenvalue weighted by atomic mass is 32.2. The summed E-state index contributed by atoms with van der Waals surface area (Å²) in [6, 6.07) is 7.19. The highest BCUT2D eigenvalue weighted by Gasteiger charge is 2.24. The van der Waals surface area contributed by atoms with Crippen molar-refractivity contribution in [1.29, 1.82) is 0 Å². The van der Waals surface area contributed by atoms with Crippen molar-refractivity contribution in [1.82, 2.24) is 4.98 Å². The Morgan fingerprint density at radius 2 is 2.00 bits per heavy atom. The van der Waals surface area contributed by atoms with Crippen LogP contribution in [0.5, 0.6) is 0 Å². The molecule has 1 saturated carbocycles. The highest BCUT2D eigenvalue weighted by molar-refractivity contribution is 7.94. The molecule has 8 heteroatoms. The number of aromatic nitrogens is 1. The number of rotatable bonds is 5. The standard InChI is InChI=1S/C19H19FN2O3S2/c1-12-10-14(20)6-7-15(12)22-27(23,24)18-9-8-17(26-18)16-11-21-19(25-16)13-4-2-3-5-13/h6-11,13,22H,2-5H2,1H3. The number of oxazole rings is 1. The van der Waals surface area contributed by atoms with Crippen molar-refractivity contribution in [2.24, 2.45) is 0 Å². The normalized spacial score (nSPS) is 15.3. The summed E-state index contributed by atoms with van der Waals surface area (Å²) in [5.74, 6) is 1.28. The Balaban J connectivity index is 1.56. The van der Waals surface area contributed by atoms with Crippen LogP contribution in [0.4, 0.5) is 10.1 Å². The molecule has 1 N–H and O–H groups in total. The van der Waals surface area contributed by atoms with Crippen LogP contribution in [0.25, 0.3) is 10.6 Å². The molecule has 1 aliphatic rings. The van der Waals surface area contributed by atoms with Crippen molar-refractivity contribution in [2.45, 2.75) is 42.7 Å². The van der Waals surface area contributed by atoms with Gasteiger partial charge in [-0.05, 0) is 55.7 Å². The smallest absolute Gasteiger partial charge is 0.271 e. The summed E-state index contributed by atoms with van der Waals surface area (Å²) < 4.78 is 47.1. The molecule has 0 atom stereocenters. The van der Waals surface area contributed by atoms with E-state index in [9.17, 15) is 12.8 Å². The van der Waals surface area contributed by atoms with Gasteiger partial charge in [-0.1, -0.05) is 12.8 Å². The Morgan fingerprint density at radius 3 is 2.74 bits per heavy atom. The Bertz CT molecular complexity index is 1070. The number of anilines is 1. The van der Waals surface area contributed by atoms with E-state index in [0.717, 1.165) is 30.1 Å². The molecule has 1 aromatic carbocycles. The molecule has 2 heterocycles. The quantitative estimate of drug-likeness (QED) is 0.623. The van der Waals surface area contributed by atoms with Crippen molar-refractivity contribution in [3.8, 4) is 10.6 Å². The molecule has 5 nitrogen and oxygen atoms in total. The second-order valence-corrected chi connectivity index (χ2v) is 9.72. The van der Waals surface area contributed by atoms with Crippen LogP contribution in [0.1, 0.15) is 43.1 Å². The fourth-order valence-electron chi connectivity index (χ4n) is 3.30. The van der Waals surface area contributed by atoms with Gasteiger partial charge in [0.15, 0.2) is 11.7 Å². The van der Waals surface area contributed by atoms with E-state index in [1.807, 2.05) is 0 Å². The van der Waals surface area contributed by atoms with E-state index in [1.165, 1.54) is 31.0 Å². The molecular weight excluding hydrogens is 387 g/mol. The van der Waals surface area contributed by atoms with Gasteiger partial charge in [-0.2, -0.15) is 0 Å². The predicted molar refractivity (Wildman–Crippen MR) is 103 cm³/mol. The minimum Gasteiger partial charge on any atom is -0.440 e. The third kappa shape index (κ3) is 3.77. The van der Waals surface area contributed by atoms with Gasteiger partial charge < -0.3 is 4.42 Å². The molecule has 0 saturated heterocycles. The fourth-order valence-corrected chi connectivity index (χ4v) is 5.68. The highest BCUT2D eigenvalue weighted by Crippen LogP contribution is 2.37. The first-order valence-electron chi connectivity index (χ1n) is 8.77. The number of sulfonamides is 1. The first-order chi connectivity index (χ1) is 12.9. The van der Waals surface area contributed by atoms with Crippen LogP contribution in [0.2, 0.25) is 0 Å². The zero-order valence-corrected chi connectivity index (χ0v) is 16.4. The van der Waals surface area contributed by atoms with Crippen LogP contribution < -0.4 is 4.72 Å². The van der Waals surface area contributed by atoms with Crippen molar-refractivity contribution in [2.75, 3.05) is 4.72 Å². The molecule has 0 amide bonds. The second-order valence-electron chi connectivity index (χ2n) is 6.73. The van der Waals surface area contributed by atoms with Gasteiger partial charge >= 0.3 is 0 Å². The molecule has 1 fully saturated rings. The Kier molecular flexibility index (Phi) is 4.77. The Hall–Kier alpha value is -2.19. The average molecular weight is 407 g/mol. The number of nitrogens with zero attached hydrogens (tertiary/aromatic N) is 1. The van der Waals surface area contributed by atoms with E-state index < -0.39 is 15.8 Å². The lowest BCUT2D eigenvalue weighted by atomic mass is 10.1. The number of thiophene rings is 1. The average Bonchev–Trinajstić information content (AvgIpc) is 3.37. The van der Waals surface area contributed by atoms with Gasteiger partial charge in [-0.25, -0.2) is 17.8 Å². The number of nitrogens with one attached hydrogen (secondary N) is 1. The lowest BCUT2D eigenvalue weighted by Gasteiger charge is -2.09. The van der Waals surface area contributed by atoms with E-state index >= 15 is 0 Å². The minimum atomic E-state index is -3.76. The SMILES string of the molecule is Cc1cc(F)ccc1NS(=O)(=O)c1ccc(-c2cnc(C3CCCC3)o2)s1. The third-order valence-corrected chi connectivity index (χ3v) is 7.71. The van der Waals surface area contributed by atoms with Crippen LogP contribution >= 0.6 is 11.3 Å². The summed E-state index contributed by atoms with van der Waals surface area (Å²) in [5, 5.41) is 0. The Morgan fingerprint density at radius 1 is 1.22 bits per heavy atom. The van der Waals surface area contributed by atoms with Crippen LogP contribution in [-0.2, 0) is 10.0 Å². The Labute approximate surface area is 161 Å². The maximum absolute atomic E-state index is 13.2. The van der Waals surface area contributed by atoms with Crippen LogP contribution in [-0.4, -0.2) is 13.4 Å². The van der Waals surface area contributed by atoms with E-state index in [-0.39, 0.29) is 4.21 Å². The van der Waals surface area contributed by atoms with E-state index in [4.69, 9.17) is 4.42 Å². The van der Waals surface area contributed by atoms with Gasteiger partial charge in [0.25, 0.3) is 10.0 Å². The van der Waals surface area contributed by atoms with Crippen molar-refractivity contribution >= 4 is 27.0 Å². The summed E-state index contributed by atoms with van der Waals surface area (Å²) in [4.78, 5) is 5.08. The molecule has 0 aliphatic heterocycles. The summed E-state index contributed by atoms with van der Waals surface area (Å²) in [6.07, 6.45) is 6.22. The minimum absolute atomic E-state index is 0.167. The number of hydrogen-bond donors (Lipinski definition) is 1. The van der Waals surface area contributed by atoms with Crippen molar-refractivity contribution < 1.29 is 17.2 Å². The fraction of sp³-hybridized carbons (Fsp3) is 0.316. The molecule has 0 bridgehead atoms. The second kappa shape index (κ2) is 7.09. The molecule has 4 rings (SSSR count). The number of benzene rings is 1. The topological polar surface area (TPSA) is 72.2 Å². The lowest BCUT2D eigenvalue weighted by molar-refractivity contribution is 0.458. The van der Waals surface area contributed by atoms with Gasteiger partial charge in [-0.3, -0.25) is 4.72 Å². The first-order valence-corrected chi connectivity index (χ1v) is 11.1. The summed E-state index contributed by atoms with van der Waals surface area (Å²) in [5.41, 5.74) is 0.876. The maximum atomic E-state index is 13.2. The van der Waals surface area contributed by atoms with Gasteiger partial charge in [0.1, 0.15) is 10.0 Å². The number of aryl methyl sites for hydroxylation is 1. The first kappa shape index (κ1) is 18.2. The molecule has 2 aromatic heterocycles. The molecule has 27 heavy (non-hydrogen) atoms. The predicted octanol–water partition coefficient (Wildman–Crippen LogP) is 5.31. The van der Waals surface area contributed by atoms with Crippen LogP contribution in [0.3, 0.4) is 0 Å². The van der Waals surface area contributed by atoms with E-state index in [1.54, 1.807) is 25.3 Å². The summed E-state index contributed by atoms with van der Waals surface area (Å²) >= 11 is 1.12. The molecule has 0 spiro atoms. The zero-order chi connectivity index (χ0) is 19.0. The van der Waals surface area contributed by atoms with Gasteiger partial charge in [0.05, 0.1) is 16.8 Å². The van der Waals surface area contributed by atoms with Crippen LogP contribution in [0.15, 0.2) is 45.2 Å². The molecule has 3 aromatic rings. The van der Waals surface area contributed by atoms with E-state index in [2.05, 4.69) is 9.71 Å². The maximum Gasteiger partial charge on any atom is 0.271 e. The van der Waals surface area contributed by atoms with Crippen LogP contribution in [0, 0.1) is 12.7 Å². The monoisotopic (exact) mass is 406 g/mol. The van der Waals surface area contributed by atoms with Gasteiger partial charge in [0, 0.05) is 5.92 Å². The van der Waals surface area contributed by atoms with Crippen molar-refractivity contribution in [3.63, 3.8) is 0 Å². The summed E-state index contributed by atoms with van der Waals surface area (Å²) in [7, 11) is -3.76. The molecule has 0 radical (unpaired) electrons. The summed E-state index contributed by atoms with van der Waals surface area (Å²) in [6.45, 7) is 1.65. The molecular formula is C19H19FN2O3S2. The van der Waals surface area contributed by atoms with Gasteiger partial charge in [-0.15, -0.1) is 11.3 Å². The molecule has 142 valence electrons. The van der Waals surface area contributed by atoms with Gasteiger partial charge in [0.2, 0.25) is 0 Å². The molecule has 0 unspecified atom stereocenters. The lowest BCUT2D eigenvalue weighted by Crippen LogP contribution is -2.12.